The molecule has 9 heteroatoms. The first kappa shape index (κ1) is 16.5. The lowest BCUT2D eigenvalue weighted by molar-refractivity contribution is -0.384. The summed E-state index contributed by atoms with van der Waals surface area (Å²) < 4.78 is 42.8. The number of anilines is 1. The molecule has 0 aliphatic heterocycles. The molecule has 0 spiro atoms. The fraction of sp³-hybridized carbons (Fsp3) is 0.214. The molecule has 0 saturated heterocycles. The van der Waals surface area contributed by atoms with Crippen LogP contribution in [0.2, 0.25) is 0 Å². The van der Waals surface area contributed by atoms with Crippen molar-refractivity contribution >= 4 is 11.4 Å². The zero-order chi connectivity index (χ0) is 17.0. The summed E-state index contributed by atoms with van der Waals surface area (Å²) >= 11 is 0. The molecule has 0 fully saturated rings. The maximum atomic E-state index is 12.6. The van der Waals surface area contributed by atoms with Crippen LogP contribution in [0, 0.1) is 10.1 Å². The molecule has 1 aromatic heterocycles. The predicted molar refractivity (Wildman–Crippen MR) is 76.2 cm³/mol. The molecular weight excluding hydrogens is 315 g/mol. The van der Waals surface area contributed by atoms with Crippen LogP contribution in [0.1, 0.15) is 11.1 Å². The second-order valence-electron chi connectivity index (χ2n) is 4.55. The molecular formula is C14H12F3N3O3. The monoisotopic (exact) mass is 327 g/mol. The molecule has 0 aliphatic rings. The van der Waals surface area contributed by atoms with Crippen molar-refractivity contribution in [2.24, 2.45) is 0 Å². The molecule has 0 aliphatic carbocycles. The van der Waals surface area contributed by atoms with Crippen LogP contribution in [0.25, 0.3) is 0 Å². The Kier molecular flexibility index (Phi) is 4.68. The number of ether oxygens (including phenoxy) is 1. The zero-order valence-corrected chi connectivity index (χ0v) is 11.9. The number of halogens is 3. The van der Waals surface area contributed by atoms with Crippen LogP contribution >= 0.6 is 0 Å². The van der Waals surface area contributed by atoms with E-state index < -0.39 is 22.4 Å². The highest BCUT2D eigenvalue weighted by Crippen LogP contribution is 2.35. The number of nitro benzene ring substituents is 1. The van der Waals surface area contributed by atoms with Gasteiger partial charge in [0, 0.05) is 24.9 Å². The number of alkyl halides is 3. The number of nitro groups is 1. The SMILES string of the molecule is COc1cc(CNc2ccc(C(F)(F)F)cc2[N+](=O)[O-])ccn1. The van der Waals surface area contributed by atoms with Crippen LogP contribution in [-0.2, 0) is 12.7 Å². The molecule has 122 valence electrons. The Hall–Kier alpha value is -2.84. The van der Waals surface area contributed by atoms with Gasteiger partial charge in [-0.1, -0.05) is 0 Å². The largest absolute Gasteiger partial charge is 0.481 e. The number of pyridine rings is 1. The molecule has 0 bridgehead atoms. The summed E-state index contributed by atoms with van der Waals surface area (Å²) in [7, 11) is 1.44. The summed E-state index contributed by atoms with van der Waals surface area (Å²) in [5.74, 6) is 0.367. The van der Waals surface area contributed by atoms with Gasteiger partial charge in [-0.05, 0) is 23.8 Å². The van der Waals surface area contributed by atoms with Crippen molar-refractivity contribution in [1.29, 1.82) is 0 Å². The van der Waals surface area contributed by atoms with Gasteiger partial charge in [-0.15, -0.1) is 0 Å². The van der Waals surface area contributed by atoms with E-state index in [0.717, 1.165) is 12.1 Å². The standard InChI is InChI=1S/C14H12F3N3O3/c1-23-13-6-9(4-5-18-13)8-19-11-3-2-10(14(15,16)17)7-12(11)20(21)22/h2-7,19H,8H2,1H3. The molecule has 0 radical (unpaired) electrons. The number of hydrogen-bond donors (Lipinski definition) is 1. The molecule has 1 heterocycles. The number of nitrogens with zero attached hydrogens (tertiary/aromatic N) is 2. The number of nitrogens with one attached hydrogen (secondary N) is 1. The highest BCUT2D eigenvalue weighted by atomic mass is 19.4. The van der Waals surface area contributed by atoms with Gasteiger partial charge in [-0.25, -0.2) is 4.98 Å². The average Bonchev–Trinajstić information content (AvgIpc) is 2.52. The Morgan fingerprint density at radius 2 is 2.04 bits per heavy atom. The van der Waals surface area contributed by atoms with Crippen LogP contribution < -0.4 is 10.1 Å². The fourth-order valence-electron chi connectivity index (χ4n) is 1.88. The van der Waals surface area contributed by atoms with E-state index in [1.165, 1.54) is 13.3 Å². The van der Waals surface area contributed by atoms with Crippen molar-refractivity contribution < 1.29 is 22.8 Å². The van der Waals surface area contributed by atoms with Gasteiger partial charge in [0.2, 0.25) is 5.88 Å². The second-order valence-corrected chi connectivity index (χ2v) is 4.55. The Balaban J connectivity index is 2.23. The maximum Gasteiger partial charge on any atom is 0.416 e. The van der Waals surface area contributed by atoms with Crippen molar-refractivity contribution in [3.63, 3.8) is 0 Å². The highest BCUT2D eigenvalue weighted by Gasteiger charge is 2.32. The van der Waals surface area contributed by atoms with Crippen LogP contribution in [0.3, 0.4) is 0 Å². The van der Waals surface area contributed by atoms with E-state index in [2.05, 4.69) is 10.3 Å². The minimum Gasteiger partial charge on any atom is -0.481 e. The van der Waals surface area contributed by atoms with Gasteiger partial charge in [0.15, 0.2) is 0 Å². The first-order chi connectivity index (χ1) is 10.8. The zero-order valence-electron chi connectivity index (χ0n) is 11.9. The molecule has 1 N–H and O–H groups in total. The summed E-state index contributed by atoms with van der Waals surface area (Å²) in [6.45, 7) is 0.172. The molecule has 0 saturated carbocycles. The van der Waals surface area contributed by atoms with Crippen LogP contribution in [0.5, 0.6) is 5.88 Å². The minimum absolute atomic E-state index is 0.00113. The van der Waals surface area contributed by atoms with E-state index >= 15 is 0 Å². The Labute approximate surface area is 129 Å². The molecule has 6 nitrogen and oxygen atoms in total. The van der Waals surface area contributed by atoms with E-state index in [4.69, 9.17) is 4.74 Å². The number of hydrogen-bond acceptors (Lipinski definition) is 5. The quantitative estimate of drug-likeness (QED) is 0.670. The van der Waals surface area contributed by atoms with Crippen LogP contribution in [0.15, 0.2) is 36.5 Å². The number of benzene rings is 1. The Bertz CT molecular complexity index is 720. The minimum atomic E-state index is -4.64. The second kappa shape index (κ2) is 6.51. The lowest BCUT2D eigenvalue weighted by atomic mass is 10.1. The summed E-state index contributed by atoms with van der Waals surface area (Å²) in [6.07, 6.45) is -3.14. The third kappa shape index (κ3) is 4.09. The Morgan fingerprint density at radius 3 is 2.65 bits per heavy atom. The van der Waals surface area contributed by atoms with Gasteiger partial charge in [-0.3, -0.25) is 10.1 Å². The van der Waals surface area contributed by atoms with Crippen molar-refractivity contribution in [2.45, 2.75) is 12.7 Å². The molecule has 0 unspecified atom stereocenters. The molecule has 2 aromatic rings. The third-order valence-corrected chi connectivity index (χ3v) is 3.01. The van der Waals surface area contributed by atoms with Crippen molar-refractivity contribution in [3.05, 3.63) is 57.8 Å². The lowest BCUT2D eigenvalue weighted by Crippen LogP contribution is -2.08. The normalized spacial score (nSPS) is 11.1. The fourth-order valence-corrected chi connectivity index (χ4v) is 1.88. The van der Waals surface area contributed by atoms with Gasteiger partial charge in [0.25, 0.3) is 5.69 Å². The summed E-state index contributed by atoms with van der Waals surface area (Å²) in [5, 5.41) is 13.7. The number of methoxy groups -OCH3 is 1. The van der Waals surface area contributed by atoms with Gasteiger partial charge in [-0.2, -0.15) is 13.2 Å². The van der Waals surface area contributed by atoms with Crippen LogP contribution in [0.4, 0.5) is 24.5 Å². The van der Waals surface area contributed by atoms with E-state index in [-0.39, 0.29) is 12.2 Å². The van der Waals surface area contributed by atoms with Crippen molar-refractivity contribution in [1.82, 2.24) is 4.98 Å². The first-order valence-electron chi connectivity index (χ1n) is 6.39. The first-order valence-corrected chi connectivity index (χ1v) is 6.39. The van der Waals surface area contributed by atoms with Gasteiger partial charge in [0.05, 0.1) is 17.6 Å². The summed E-state index contributed by atoms with van der Waals surface area (Å²) in [4.78, 5) is 14.0. The molecule has 1 aromatic carbocycles. The molecule has 0 atom stereocenters. The van der Waals surface area contributed by atoms with Gasteiger partial charge < -0.3 is 10.1 Å². The summed E-state index contributed by atoms with van der Waals surface area (Å²) in [6, 6.07) is 5.62. The van der Waals surface area contributed by atoms with Crippen molar-refractivity contribution in [3.8, 4) is 5.88 Å². The van der Waals surface area contributed by atoms with E-state index in [1.807, 2.05) is 0 Å². The van der Waals surface area contributed by atoms with E-state index in [1.54, 1.807) is 12.1 Å². The van der Waals surface area contributed by atoms with E-state index in [9.17, 15) is 23.3 Å². The topological polar surface area (TPSA) is 77.3 Å². The number of aromatic nitrogens is 1. The lowest BCUT2D eigenvalue weighted by Gasteiger charge is -2.11. The molecule has 0 amide bonds. The maximum absolute atomic E-state index is 12.6. The summed E-state index contributed by atoms with van der Waals surface area (Å²) in [5.41, 5.74) is -0.994. The molecule has 23 heavy (non-hydrogen) atoms. The average molecular weight is 327 g/mol. The van der Waals surface area contributed by atoms with Gasteiger partial charge in [0.1, 0.15) is 5.69 Å². The third-order valence-electron chi connectivity index (χ3n) is 3.01. The van der Waals surface area contributed by atoms with E-state index in [0.29, 0.717) is 17.5 Å². The highest BCUT2D eigenvalue weighted by molar-refractivity contribution is 5.63. The predicted octanol–water partition coefficient (Wildman–Crippen LogP) is 3.63. The van der Waals surface area contributed by atoms with Gasteiger partial charge >= 0.3 is 6.18 Å². The smallest absolute Gasteiger partial charge is 0.416 e. The van der Waals surface area contributed by atoms with Crippen molar-refractivity contribution in [2.75, 3.05) is 12.4 Å². The van der Waals surface area contributed by atoms with Crippen LogP contribution in [-0.4, -0.2) is 17.0 Å². The number of rotatable bonds is 5. The Morgan fingerprint density at radius 1 is 1.30 bits per heavy atom. The molecule has 2 rings (SSSR count).